The minimum atomic E-state index is -0.321. The molecule has 3 heteroatoms. The second kappa shape index (κ2) is 2.77. The van der Waals surface area contributed by atoms with Crippen LogP contribution >= 0.6 is 0 Å². The van der Waals surface area contributed by atoms with Crippen LogP contribution in [0.4, 0.5) is 4.39 Å². The lowest BCUT2D eigenvalue weighted by Crippen LogP contribution is -1.92. The third kappa shape index (κ3) is 1.21. The molecule has 0 saturated carbocycles. The van der Waals surface area contributed by atoms with E-state index in [9.17, 15) is 4.39 Å². The summed E-state index contributed by atoms with van der Waals surface area (Å²) in [5.74, 6) is -0.321. The minimum absolute atomic E-state index is 0.321. The molecule has 2 nitrogen and oxygen atoms in total. The van der Waals surface area contributed by atoms with Gasteiger partial charge < -0.3 is 0 Å². The van der Waals surface area contributed by atoms with Gasteiger partial charge in [0, 0.05) is 0 Å². The average molecular weight is 162 g/mol. The predicted octanol–water partition coefficient (Wildman–Crippen LogP) is 2.01. The lowest BCUT2D eigenvalue weighted by molar-refractivity contribution is 0.627. The van der Waals surface area contributed by atoms with Crippen molar-refractivity contribution in [2.45, 2.75) is 0 Å². The van der Waals surface area contributed by atoms with Crippen LogP contribution in [0, 0.1) is 5.82 Å². The summed E-state index contributed by atoms with van der Waals surface area (Å²) < 4.78 is 14.0. The second-order valence-corrected chi connectivity index (χ2v) is 2.44. The zero-order valence-corrected chi connectivity index (χ0v) is 6.31. The van der Waals surface area contributed by atoms with Crippen LogP contribution in [0.2, 0.25) is 0 Å². The fraction of sp³-hybridized carbons (Fsp3) is 0. The highest BCUT2D eigenvalue weighted by Crippen LogP contribution is 2.05. The highest BCUT2D eigenvalue weighted by molar-refractivity contribution is 5.29. The Morgan fingerprint density at radius 1 is 1.17 bits per heavy atom. The Kier molecular flexibility index (Phi) is 1.63. The number of hydrogen-bond donors (Lipinski definition) is 0. The molecule has 0 aliphatic carbocycles. The van der Waals surface area contributed by atoms with Crippen molar-refractivity contribution < 1.29 is 4.39 Å². The van der Waals surface area contributed by atoms with Crippen LogP contribution in [0.1, 0.15) is 0 Å². The number of nitrogens with zero attached hydrogens (tertiary/aromatic N) is 2. The third-order valence-corrected chi connectivity index (χ3v) is 1.57. The quantitative estimate of drug-likeness (QED) is 0.627. The summed E-state index contributed by atoms with van der Waals surface area (Å²) in [6.45, 7) is 0. The molecule has 1 aromatic carbocycles. The van der Waals surface area contributed by atoms with Gasteiger partial charge in [0.2, 0.25) is 0 Å². The number of para-hydroxylation sites is 1. The van der Waals surface area contributed by atoms with Gasteiger partial charge in [0.1, 0.15) is 0 Å². The standard InChI is InChI=1S/C9H7FN2/c10-8-6-11-12(7-8)9-4-2-1-3-5-9/h1-7H. The van der Waals surface area contributed by atoms with Crippen LogP contribution in [-0.2, 0) is 0 Å². The Bertz CT molecular complexity index is 367. The molecule has 0 spiro atoms. The molecule has 0 aliphatic rings. The molecule has 0 amide bonds. The van der Waals surface area contributed by atoms with Crippen LogP contribution < -0.4 is 0 Å². The lowest BCUT2D eigenvalue weighted by atomic mass is 10.3. The van der Waals surface area contributed by atoms with E-state index >= 15 is 0 Å². The van der Waals surface area contributed by atoms with E-state index < -0.39 is 0 Å². The van der Waals surface area contributed by atoms with Crippen molar-refractivity contribution in [3.8, 4) is 5.69 Å². The summed E-state index contributed by atoms with van der Waals surface area (Å²) in [5.41, 5.74) is 0.862. The first-order valence-electron chi connectivity index (χ1n) is 3.62. The summed E-state index contributed by atoms with van der Waals surface area (Å²) in [6.07, 6.45) is 2.53. The lowest BCUT2D eigenvalue weighted by Gasteiger charge is -1.97. The molecule has 2 rings (SSSR count). The minimum Gasteiger partial charge on any atom is -0.238 e. The molecule has 0 aliphatic heterocycles. The molecule has 0 N–H and O–H groups in total. The van der Waals surface area contributed by atoms with Gasteiger partial charge in [-0.3, -0.25) is 0 Å². The highest BCUT2D eigenvalue weighted by Gasteiger charge is 1.97. The average Bonchev–Trinajstić information content (AvgIpc) is 2.54. The summed E-state index contributed by atoms with van der Waals surface area (Å²) >= 11 is 0. The smallest absolute Gasteiger partial charge is 0.161 e. The number of benzene rings is 1. The Hall–Kier alpha value is -1.64. The normalized spacial score (nSPS) is 10.1. The first kappa shape index (κ1) is 7.03. The third-order valence-electron chi connectivity index (χ3n) is 1.57. The largest absolute Gasteiger partial charge is 0.238 e. The van der Waals surface area contributed by atoms with E-state index in [1.165, 1.54) is 17.1 Å². The van der Waals surface area contributed by atoms with Gasteiger partial charge in [0.05, 0.1) is 18.1 Å². The van der Waals surface area contributed by atoms with Crippen molar-refractivity contribution in [1.82, 2.24) is 9.78 Å². The first-order valence-corrected chi connectivity index (χ1v) is 3.62. The maximum absolute atomic E-state index is 12.5. The van der Waals surface area contributed by atoms with Crippen molar-refractivity contribution in [3.05, 3.63) is 48.5 Å². The van der Waals surface area contributed by atoms with E-state index in [-0.39, 0.29) is 5.82 Å². The second-order valence-electron chi connectivity index (χ2n) is 2.44. The van der Waals surface area contributed by atoms with Gasteiger partial charge in [-0.25, -0.2) is 9.07 Å². The molecule has 1 heterocycles. The van der Waals surface area contributed by atoms with Gasteiger partial charge in [-0.15, -0.1) is 0 Å². The number of hydrogen-bond acceptors (Lipinski definition) is 1. The molecule has 2 aromatic rings. The molecule has 0 atom stereocenters. The van der Waals surface area contributed by atoms with Crippen molar-refractivity contribution in [2.75, 3.05) is 0 Å². The number of rotatable bonds is 1. The summed E-state index contributed by atoms with van der Waals surface area (Å²) in [4.78, 5) is 0. The highest BCUT2D eigenvalue weighted by atomic mass is 19.1. The molecule has 0 fully saturated rings. The van der Waals surface area contributed by atoms with Gasteiger partial charge in [-0.1, -0.05) is 18.2 Å². The molecular weight excluding hydrogens is 155 g/mol. The van der Waals surface area contributed by atoms with Crippen molar-refractivity contribution in [1.29, 1.82) is 0 Å². The maximum Gasteiger partial charge on any atom is 0.161 e. The van der Waals surface area contributed by atoms with Crippen molar-refractivity contribution in [2.24, 2.45) is 0 Å². The Balaban J connectivity index is 2.45. The predicted molar refractivity (Wildman–Crippen MR) is 43.5 cm³/mol. The summed E-state index contributed by atoms with van der Waals surface area (Å²) in [5, 5.41) is 3.83. The van der Waals surface area contributed by atoms with E-state index in [1.54, 1.807) is 0 Å². The summed E-state index contributed by atoms with van der Waals surface area (Å²) in [7, 11) is 0. The molecule has 0 bridgehead atoms. The van der Waals surface area contributed by atoms with Crippen LogP contribution in [0.3, 0.4) is 0 Å². The molecule has 0 unspecified atom stereocenters. The van der Waals surface area contributed by atoms with Gasteiger partial charge in [0.15, 0.2) is 5.82 Å². The molecule has 0 radical (unpaired) electrons. The molecule has 12 heavy (non-hydrogen) atoms. The summed E-state index contributed by atoms with van der Waals surface area (Å²) in [6, 6.07) is 9.41. The fourth-order valence-electron chi connectivity index (χ4n) is 1.02. The van der Waals surface area contributed by atoms with E-state index in [4.69, 9.17) is 0 Å². The van der Waals surface area contributed by atoms with Crippen LogP contribution in [0.5, 0.6) is 0 Å². The fourth-order valence-corrected chi connectivity index (χ4v) is 1.02. The van der Waals surface area contributed by atoms with Crippen LogP contribution in [0.15, 0.2) is 42.7 Å². The maximum atomic E-state index is 12.5. The van der Waals surface area contributed by atoms with E-state index in [0.717, 1.165) is 5.69 Å². The number of halogens is 1. The van der Waals surface area contributed by atoms with Gasteiger partial charge in [-0.2, -0.15) is 5.10 Å². The first-order chi connectivity index (χ1) is 5.86. The van der Waals surface area contributed by atoms with E-state index in [2.05, 4.69) is 5.10 Å². The zero-order valence-electron chi connectivity index (χ0n) is 6.31. The molecule has 0 saturated heterocycles. The van der Waals surface area contributed by atoms with E-state index in [0.29, 0.717) is 0 Å². The Labute approximate surface area is 69.3 Å². The van der Waals surface area contributed by atoms with Crippen molar-refractivity contribution in [3.63, 3.8) is 0 Å². The topological polar surface area (TPSA) is 17.8 Å². The Morgan fingerprint density at radius 3 is 2.50 bits per heavy atom. The van der Waals surface area contributed by atoms with Crippen LogP contribution in [0.25, 0.3) is 5.69 Å². The van der Waals surface area contributed by atoms with E-state index in [1.807, 2.05) is 30.3 Å². The van der Waals surface area contributed by atoms with Crippen LogP contribution in [-0.4, -0.2) is 9.78 Å². The zero-order chi connectivity index (χ0) is 8.39. The molecular formula is C9H7FN2. The SMILES string of the molecule is Fc1cnn(-c2ccccc2)c1. The monoisotopic (exact) mass is 162 g/mol. The molecule has 1 aromatic heterocycles. The Morgan fingerprint density at radius 2 is 1.92 bits per heavy atom. The van der Waals surface area contributed by atoms with Crippen molar-refractivity contribution >= 4 is 0 Å². The molecule has 60 valence electrons. The van der Waals surface area contributed by atoms with Gasteiger partial charge in [-0.05, 0) is 12.1 Å². The number of aromatic nitrogens is 2. The van der Waals surface area contributed by atoms with Gasteiger partial charge >= 0.3 is 0 Å². The van der Waals surface area contributed by atoms with Gasteiger partial charge in [0.25, 0.3) is 0 Å².